The van der Waals surface area contributed by atoms with Crippen LogP contribution in [0, 0.1) is 0 Å². The number of oxime groups is 1. The first-order chi connectivity index (χ1) is 12.3. The van der Waals surface area contributed by atoms with Crippen LogP contribution in [0.15, 0.2) is 23.4 Å². The molecule has 0 radical (unpaired) electrons. The maximum atomic E-state index is 12.7. The number of carboxylic acid groups (broad SMARTS) is 1. The van der Waals surface area contributed by atoms with E-state index in [0.29, 0.717) is 29.2 Å². The first kappa shape index (κ1) is 19.6. The Balaban J connectivity index is 2.33. The molecule has 1 aliphatic heterocycles. The summed E-state index contributed by atoms with van der Waals surface area (Å²) in [6, 6.07) is 5.06. The molecule has 0 saturated carbocycles. The van der Waals surface area contributed by atoms with Crippen LogP contribution in [0.3, 0.4) is 0 Å². The summed E-state index contributed by atoms with van der Waals surface area (Å²) in [5.41, 5.74) is -0.560. The summed E-state index contributed by atoms with van der Waals surface area (Å²) in [4.78, 5) is 29.4. The molecule has 1 aromatic rings. The number of hydrogen-bond acceptors (Lipinski definition) is 6. The van der Waals surface area contributed by atoms with Gasteiger partial charge in [-0.1, -0.05) is 12.1 Å². The third kappa shape index (κ3) is 4.07. The molecule has 2 atom stereocenters. The topological polar surface area (TPSA) is 106 Å². The van der Waals surface area contributed by atoms with Gasteiger partial charge in [0.2, 0.25) is 5.60 Å². The van der Waals surface area contributed by atoms with Crippen LogP contribution in [0.1, 0.15) is 38.7 Å². The van der Waals surface area contributed by atoms with Gasteiger partial charge >= 0.3 is 5.97 Å². The highest BCUT2D eigenvalue weighted by molar-refractivity contribution is 6.08. The zero-order valence-corrected chi connectivity index (χ0v) is 15.4. The normalized spacial score (nSPS) is 19.9. The molecule has 0 saturated heterocycles. The Morgan fingerprint density at radius 2 is 2.12 bits per heavy atom. The number of carbonyl (C=O) groups excluding carboxylic acids is 1. The van der Waals surface area contributed by atoms with Gasteiger partial charge in [0.05, 0.1) is 26.4 Å². The average molecular weight is 364 g/mol. The summed E-state index contributed by atoms with van der Waals surface area (Å²) >= 11 is 0. The van der Waals surface area contributed by atoms with Crippen molar-refractivity contribution in [2.24, 2.45) is 5.16 Å². The first-order valence-electron chi connectivity index (χ1n) is 8.35. The van der Waals surface area contributed by atoms with Gasteiger partial charge in [-0.15, -0.1) is 0 Å². The molecule has 2 N–H and O–H groups in total. The van der Waals surface area contributed by atoms with E-state index in [1.807, 2.05) is 13.8 Å². The molecular weight excluding hydrogens is 340 g/mol. The van der Waals surface area contributed by atoms with E-state index in [2.05, 4.69) is 10.5 Å². The van der Waals surface area contributed by atoms with Crippen molar-refractivity contribution in [3.05, 3.63) is 23.8 Å². The Hall–Kier alpha value is -2.77. The lowest BCUT2D eigenvalue weighted by Gasteiger charge is -2.25. The molecule has 0 fully saturated rings. The van der Waals surface area contributed by atoms with E-state index in [1.54, 1.807) is 18.2 Å². The van der Waals surface area contributed by atoms with Gasteiger partial charge in [0.1, 0.15) is 11.5 Å². The lowest BCUT2D eigenvalue weighted by molar-refractivity contribution is -0.156. The second-order valence-corrected chi connectivity index (χ2v) is 6.22. The molecule has 0 spiro atoms. The molecule has 2 rings (SSSR count). The predicted molar refractivity (Wildman–Crippen MR) is 94.7 cm³/mol. The molecule has 0 aliphatic carbocycles. The molecule has 142 valence electrons. The van der Waals surface area contributed by atoms with Crippen LogP contribution in [0.4, 0.5) is 0 Å². The van der Waals surface area contributed by atoms with E-state index in [1.165, 1.54) is 14.2 Å². The van der Waals surface area contributed by atoms with E-state index in [0.717, 1.165) is 0 Å². The van der Waals surface area contributed by atoms with Crippen molar-refractivity contribution in [3.8, 4) is 11.5 Å². The van der Waals surface area contributed by atoms with Crippen molar-refractivity contribution < 1.29 is 29.0 Å². The number of carboxylic acids is 1. The fourth-order valence-corrected chi connectivity index (χ4v) is 2.66. The fourth-order valence-electron chi connectivity index (χ4n) is 2.66. The summed E-state index contributed by atoms with van der Waals surface area (Å²) < 4.78 is 10.6. The molecule has 26 heavy (non-hydrogen) atoms. The Morgan fingerprint density at radius 1 is 1.38 bits per heavy atom. The first-order valence-corrected chi connectivity index (χ1v) is 8.35. The fraction of sp³-hybridized carbons (Fsp3) is 0.500. The number of rotatable bonds is 8. The van der Waals surface area contributed by atoms with Crippen molar-refractivity contribution in [2.75, 3.05) is 14.2 Å². The Bertz CT molecular complexity index is 718. The smallest absolute Gasteiger partial charge is 0.308 e. The van der Waals surface area contributed by atoms with E-state index in [4.69, 9.17) is 14.3 Å². The number of ether oxygens (including phenoxy) is 2. The van der Waals surface area contributed by atoms with Gasteiger partial charge in [-0.05, 0) is 31.5 Å². The van der Waals surface area contributed by atoms with Crippen molar-refractivity contribution in [2.45, 2.75) is 44.8 Å². The minimum atomic E-state index is -1.58. The van der Waals surface area contributed by atoms with Gasteiger partial charge in [-0.3, -0.25) is 9.59 Å². The largest absolute Gasteiger partial charge is 0.497 e. The summed E-state index contributed by atoms with van der Waals surface area (Å²) in [5, 5.41) is 16.1. The Kier molecular flexibility index (Phi) is 6.07. The maximum Gasteiger partial charge on any atom is 0.308 e. The van der Waals surface area contributed by atoms with Crippen LogP contribution in [0.5, 0.6) is 11.5 Å². The summed E-state index contributed by atoms with van der Waals surface area (Å²) in [6.07, 6.45) is 0.242. The number of benzene rings is 1. The van der Waals surface area contributed by atoms with E-state index in [-0.39, 0.29) is 12.5 Å². The highest BCUT2D eigenvalue weighted by atomic mass is 16.7. The second-order valence-electron chi connectivity index (χ2n) is 6.22. The zero-order chi connectivity index (χ0) is 19.3. The average Bonchev–Trinajstić information content (AvgIpc) is 3.05. The molecule has 0 bridgehead atoms. The quantitative estimate of drug-likeness (QED) is 0.730. The van der Waals surface area contributed by atoms with Gasteiger partial charge in [0.15, 0.2) is 0 Å². The van der Waals surface area contributed by atoms with Crippen LogP contribution >= 0.6 is 0 Å². The molecule has 1 heterocycles. The Labute approximate surface area is 152 Å². The van der Waals surface area contributed by atoms with Gasteiger partial charge in [0.25, 0.3) is 5.91 Å². The molecule has 1 amide bonds. The highest BCUT2D eigenvalue weighted by Gasteiger charge is 2.49. The second kappa shape index (κ2) is 8.07. The molecule has 2 unspecified atom stereocenters. The standard InChI is InChI=1S/C18H24N2O6/c1-5-11(2)19-17(23)18(10-16(21)22)9-14(20-26-18)13-8-12(24-3)6-7-15(13)25-4/h6-8,11H,5,9-10H2,1-4H3,(H,19,23)(H,21,22). The van der Waals surface area contributed by atoms with Crippen LogP contribution < -0.4 is 14.8 Å². The summed E-state index contributed by atoms with van der Waals surface area (Å²) in [6.45, 7) is 3.77. The van der Waals surface area contributed by atoms with Crippen LogP contribution in [-0.4, -0.2) is 48.6 Å². The van der Waals surface area contributed by atoms with Gasteiger partial charge < -0.3 is 24.7 Å². The highest BCUT2D eigenvalue weighted by Crippen LogP contribution is 2.35. The summed E-state index contributed by atoms with van der Waals surface area (Å²) in [5.74, 6) is -0.516. The summed E-state index contributed by atoms with van der Waals surface area (Å²) in [7, 11) is 3.05. The third-order valence-corrected chi connectivity index (χ3v) is 4.34. The SMILES string of the molecule is CCC(C)NC(=O)C1(CC(=O)O)CC(c2cc(OC)ccc2OC)=NO1. The van der Waals surface area contributed by atoms with Gasteiger partial charge in [-0.25, -0.2) is 0 Å². The van der Waals surface area contributed by atoms with Crippen molar-refractivity contribution in [3.63, 3.8) is 0 Å². The molecular formula is C18H24N2O6. The van der Waals surface area contributed by atoms with E-state index in [9.17, 15) is 14.7 Å². The number of nitrogens with zero attached hydrogens (tertiary/aromatic N) is 1. The van der Waals surface area contributed by atoms with Gasteiger partial charge in [-0.2, -0.15) is 0 Å². The lowest BCUT2D eigenvalue weighted by Crippen LogP contribution is -2.51. The Morgan fingerprint density at radius 3 is 2.69 bits per heavy atom. The van der Waals surface area contributed by atoms with Crippen molar-refractivity contribution >= 4 is 17.6 Å². The van der Waals surface area contributed by atoms with Crippen LogP contribution in [-0.2, 0) is 14.4 Å². The van der Waals surface area contributed by atoms with Gasteiger partial charge in [0, 0.05) is 18.0 Å². The number of hydrogen-bond donors (Lipinski definition) is 2. The molecule has 1 aromatic carbocycles. The maximum absolute atomic E-state index is 12.7. The number of carbonyl (C=O) groups is 2. The zero-order valence-electron chi connectivity index (χ0n) is 15.4. The molecule has 8 heteroatoms. The molecule has 8 nitrogen and oxygen atoms in total. The lowest BCUT2D eigenvalue weighted by atomic mass is 9.89. The minimum absolute atomic E-state index is 0.0189. The molecule has 1 aliphatic rings. The predicted octanol–water partition coefficient (Wildman–Crippen LogP) is 1.96. The number of methoxy groups -OCH3 is 2. The molecule has 0 aromatic heterocycles. The van der Waals surface area contributed by atoms with Crippen molar-refractivity contribution in [1.82, 2.24) is 5.32 Å². The minimum Gasteiger partial charge on any atom is -0.497 e. The number of aliphatic carboxylic acids is 1. The van der Waals surface area contributed by atoms with E-state index < -0.39 is 23.9 Å². The monoisotopic (exact) mass is 364 g/mol. The number of nitrogens with one attached hydrogen (secondary N) is 1. The van der Waals surface area contributed by atoms with Crippen LogP contribution in [0.25, 0.3) is 0 Å². The number of amides is 1. The van der Waals surface area contributed by atoms with Crippen molar-refractivity contribution in [1.29, 1.82) is 0 Å². The van der Waals surface area contributed by atoms with E-state index >= 15 is 0 Å². The van der Waals surface area contributed by atoms with Crippen LogP contribution in [0.2, 0.25) is 0 Å². The third-order valence-electron chi connectivity index (χ3n) is 4.34.